The molecule has 2 N–H and O–H groups in total. The van der Waals surface area contributed by atoms with Gasteiger partial charge >= 0.3 is 0 Å². The minimum absolute atomic E-state index is 0.0417. The molecule has 3 heteroatoms. The molecule has 15 heavy (non-hydrogen) atoms. The van der Waals surface area contributed by atoms with Crippen molar-refractivity contribution >= 4 is 5.91 Å². The van der Waals surface area contributed by atoms with E-state index in [1.807, 2.05) is 6.92 Å². The predicted octanol–water partition coefficient (Wildman–Crippen LogP) is 2.09. The summed E-state index contributed by atoms with van der Waals surface area (Å²) in [6.45, 7) is 8.76. The van der Waals surface area contributed by atoms with E-state index in [0.717, 1.165) is 19.3 Å². The SMILES string of the molecule is CCCC(O)CNC(=O)CCC(C)(C)C. The first kappa shape index (κ1) is 14.4. The van der Waals surface area contributed by atoms with Crippen molar-refractivity contribution in [3.05, 3.63) is 0 Å². The third kappa shape index (κ3) is 9.73. The van der Waals surface area contributed by atoms with Crippen LogP contribution >= 0.6 is 0 Å². The normalized spacial score (nSPS) is 13.7. The van der Waals surface area contributed by atoms with Crippen LogP contribution in [0.3, 0.4) is 0 Å². The van der Waals surface area contributed by atoms with Gasteiger partial charge < -0.3 is 10.4 Å². The summed E-state index contributed by atoms with van der Waals surface area (Å²) in [6, 6.07) is 0. The standard InChI is InChI=1S/C12H25NO2/c1-5-6-10(14)9-13-11(15)7-8-12(2,3)4/h10,14H,5-9H2,1-4H3,(H,13,15). The molecule has 0 saturated heterocycles. The van der Waals surface area contributed by atoms with Crippen LogP contribution < -0.4 is 5.32 Å². The van der Waals surface area contributed by atoms with Crippen LogP contribution in [0.2, 0.25) is 0 Å². The summed E-state index contributed by atoms with van der Waals surface area (Å²) in [4.78, 5) is 11.4. The van der Waals surface area contributed by atoms with Crippen molar-refractivity contribution in [2.45, 2.75) is 59.5 Å². The molecule has 0 radical (unpaired) electrons. The molecule has 0 aliphatic carbocycles. The zero-order chi connectivity index (χ0) is 11.9. The minimum atomic E-state index is -0.395. The fourth-order valence-electron chi connectivity index (χ4n) is 1.24. The molecule has 0 rings (SSSR count). The van der Waals surface area contributed by atoms with Crippen LogP contribution in [0.1, 0.15) is 53.4 Å². The van der Waals surface area contributed by atoms with Crippen molar-refractivity contribution in [3.63, 3.8) is 0 Å². The molecule has 1 atom stereocenters. The molecule has 0 bridgehead atoms. The Hall–Kier alpha value is -0.570. The summed E-state index contributed by atoms with van der Waals surface area (Å²) in [6.07, 6.45) is 2.72. The molecule has 0 aromatic heterocycles. The lowest BCUT2D eigenvalue weighted by atomic mass is 9.90. The molecular formula is C12H25NO2. The molecule has 1 amide bonds. The van der Waals surface area contributed by atoms with Crippen LogP contribution in [0.4, 0.5) is 0 Å². The largest absolute Gasteiger partial charge is 0.391 e. The van der Waals surface area contributed by atoms with Gasteiger partial charge in [0.15, 0.2) is 0 Å². The van der Waals surface area contributed by atoms with Crippen molar-refractivity contribution in [1.29, 1.82) is 0 Å². The van der Waals surface area contributed by atoms with Crippen LogP contribution in [0.5, 0.6) is 0 Å². The highest BCUT2D eigenvalue weighted by molar-refractivity contribution is 5.75. The first-order valence-corrected chi connectivity index (χ1v) is 5.80. The van der Waals surface area contributed by atoms with Gasteiger partial charge in [0.2, 0.25) is 5.91 Å². The molecular weight excluding hydrogens is 190 g/mol. The van der Waals surface area contributed by atoms with Gasteiger partial charge in [-0.15, -0.1) is 0 Å². The number of rotatable bonds is 6. The fraction of sp³-hybridized carbons (Fsp3) is 0.917. The molecule has 0 aromatic carbocycles. The fourth-order valence-corrected chi connectivity index (χ4v) is 1.24. The number of hydrogen-bond acceptors (Lipinski definition) is 2. The zero-order valence-corrected chi connectivity index (χ0v) is 10.5. The Balaban J connectivity index is 3.58. The van der Waals surface area contributed by atoms with E-state index in [1.165, 1.54) is 0 Å². The predicted molar refractivity (Wildman–Crippen MR) is 62.6 cm³/mol. The third-order valence-electron chi connectivity index (χ3n) is 2.26. The average molecular weight is 215 g/mol. The van der Waals surface area contributed by atoms with Crippen LogP contribution in [0.25, 0.3) is 0 Å². The van der Waals surface area contributed by atoms with Crippen molar-refractivity contribution in [3.8, 4) is 0 Å². The Morgan fingerprint density at radius 1 is 1.40 bits per heavy atom. The van der Waals surface area contributed by atoms with Crippen molar-refractivity contribution in [2.75, 3.05) is 6.54 Å². The lowest BCUT2D eigenvalue weighted by molar-refractivity contribution is -0.122. The second-order valence-corrected chi connectivity index (χ2v) is 5.31. The van der Waals surface area contributed by atoms with Crippen molar-refractivity contribution < 1.29 is 9.90 Å². The van der Waals surface area contributed by atoms with Crippen LogP contribution in [0, 0.1) is 5.41 Å². The quantitative estimate of drug-likeness (QED) is 0.713. The van der Waals surface area contributed by atoms with E-state index in [9.17, 15) is 9.90 Å². The Morgan fingerprint density at radius 3 is 2.47 bits per heavy atom. The Labute approximate surface area is 93.3 Å². The summed E-state index contributed by atoms with van der Waals surface area (Å²) < 4.78 is 0. The number of amides is 1. The van der Waals surface area contributed by atoms with Gasteiger partial charge in [0.25, 0.3) is 0 Å². The van der Waals surface area contributed by atoms with E-state index in [1.54, 1.807) is 0 Å². The van der Waals surface area contributed by atoms with Crippen molar-refractivity contribution in [2.24, 2.45) is 5.41 Å². The van der Waals surface area contributed by atoms with E-state index < -0.39 is 6.10 Å². The Kier molecular flexibility index (Phi) is 6.57. The molecule has 0 heterocycles. The molecule has 0 aromatic rings. The Bertz CT molecular complexity index is 185. The molecule has 0 aliphatic heterocycles. The molecule has 3 nitrogen and oxygen atoms in total. The van der Waals surface area contributed by atoms with E-state index in [-0.39, 0.29) is 11.3 Å². The number of nitrogens with one attached hydrogen (secondary N) is 1. The smallest absolute Gasteiger partial charge is 0.220 e. The average Bonchev–Trinajstić information content (AvgIpc) is 2.11. The second kappa shape index (κ2) is 6.83. The molecule has 0 spiro atoms. The summed E-state index contributed by atoms with van der Waals surface area (Å²) in [7, 11) is 0. The van der Waals surface area contributed by atoms with Crippen LogP contribution in [-0.4, -0.2) is 23.7 Å². The van der Waals surface area contributed by atoms with Gasteiger partial charge in [0.1, 0.15) is 0 Å². The first-order chi connectivity index (χ1) is 6.85. The van der Waals surface area contributed by atoms with E-state index >= 15 is 0 Å². The zero-order valence-electron chi connectivity index (χ0n) is 10.5. The van der Waals surface area contributed by atoms with Crippen molar-refractivity contribution in [1.82, 2.24) is 5.32 Å². The molecule has 1 unspecified atom stereocenters. The first-order valence-electron chi connectivity index (χ1n) is 5.80. The molecule has 0 fully saturated rings. The van der Waals surface area contributed by atoms with Gasteiger partial charge in [0, 0.05) is 13.0 Å². The number of aliphatic hydroxyl groups is 1. The number of carbonyl (C=O) groups excluding carboxylic acids is 1. The maximum absolute atomic E-state index is 11.4. The molecule has 0 aliphatic rings. The highest BCUT2D eigenvalue weighted by Gasteiger charge is 2.13. The van der Waals surface area contributed by atoms with Crippen LogP contribution in [-0.2, 0) is 4.79 Å². The molecule has 0 saturated carbocycles. The number of hydrogen-bond donors (Lipinski definition) is 2. The number of carbonyl (C=O) groups is 1. The maximum atomic E-state index is 11.4. The lowest BCUT2D eigenvalue weighted by Crippen LogP contribution is -2.32. The summed E-state index contributed by atoms with van der Waals surface area (Å²) >= 11 is 0. The lowest BCUT2D eigenvalue weighted by Gasteiger charge is -2.17. The van der Waals surface area contributed by atoms with Gasteiger partial charge in [-0.2, -0.15) is 0 Å². The van der Waals surface area contributed by atoms with E-state index in [2.05, 4.69) is 26.1 Å². The highest BCUT2D eigenvalue weighted by atomic mass is 16.3. The van der Waals surface area contributed by atoms with E-state index in [4.69, 9.17) is 0 Å². The van der Waals surface area contributed by atoms with Gasteiger partial charge in [-0.25, -0.2) is 0 Å². The number of aliphatic hydroxyl groups excluding tert-OH is 1. The maximum Gasteiger partial charge on any atom is 0.220 e. The second-order valence-electron chi connectivity index (χ2n) is 5.31. The topological polar surface area (TPSA) is 49.3 Å². The summed E-state index contributed by atoms with van der Waals surface area (Å²) in [5.74, 6) is 0.0417. The Morgan fingerprint density at radius 2 is 2.00 bits per heavy atom. The summed E-state index contributed by atoms with van der Waals surface area (Å²) in [5.41, 5.74) is 0.194. The van der Waals surface area contributed by atoms with E-state index in [0.29, 0.717) is 13.0 Å². The van der Waals surface area contributed by atoms with Gasteiger partial charge in [-0.05, 0) is 18.3 Å². The minimum Gasteiger partial charge on any atom is -0.391 e. The summed E-state index contributed by atoms with van der Waals surface area (Å²) in [5, 5.41) is 12.2. The third-order valence-corrected chi connectivity index (χ3v) is 2.26. The monoisotopic (exact) mass is 215 g/mol. The van der Waals surface area contributed by atoms with Gasteiger partial charge in [-0.1, -0.05) is 34.1 Å². The van der Waals surface area contributed by atoms with Crippen LogP contribution in [0.15, 0.2) is 0 Å². The molecule has 90 valence electrons. The van der Waals surface area contributed by atoms with Gasteiger partial charge in [-0.3, -0.25) is 4.79 Å². The highest BCUT2D eigenvalue weighted by Crippen LogP contribution is 2.20. The van der Waals surface area contributed by atoms with Gasteiger partial charge in [0.05, 0.1) is 6.10 Å².